The minimum absolute atomic E-state index is 0.301. The van der Waals surface area contributed by atoms with Crippen LogP contribution >= 0.6 is 23.5 Å². The Hall–Kier alpha value is 0.170. The van der Waals surface area contributed by atoms with Crippen LogP contribution in [-0.2, 0) is 4.79 Å². The Labute approximate surface area is 82.5 Å². The second-order valence-corrected chi connectivity index (χ2v) is 4.96. The average molecular weight is 205 g/mol. The van der Waals surface area contributed by atoms with Gasteiger partial charge in [0.2, 0.25) is 5.91 Å². The molecule has 1 atom stereocenters. The fourth-order valence-electron chi connectivity index (χ4n) is 1.30. The summed E-state index contributed by atoms with van der Waals surface area (Å²) in [4.78, 5) is 13.5. The fraction of sp³-hybridized carbons (Fsp3) is 0.875. The molecule has 2 nitrogen and oxygen atoms in total. The second kappa shape index (κ2) is 5.02. The SMILES string of the molecule is CSCC(=O)N1CCSCC1C. The Bertz CT molecular complexity index is 163. The molecule has 0 radical (unpaired) electrons. The minimum atomic E-state index is 0.301. The molecule has 70 valence electrons. The van der Waals surface area contributed by atoms with Gasteiger partial charge in [-0.05, 0) is 13.2 Å². The summed E-state index contributed by atoms with van der Waals surface area (Å²) in [7, 11) is 0. The van der Waals surface area contributed by atoms with Gasteiger partial charge in [0.25, 0.3) is 0 Å². The van der Waals surface area contributed by atoms with E-state index in [-0.39, 0.29) is 0 Å². The molecular formula is C8H15NOS2. The van der Waals surface area contributed by atoms with E-state index < -0.39 is 0 Å². The third-order valence-electron chi connectivity index (χ3n) is 1.96. The first kappa shape index (κ1) is 10.3. The zero-order valence-electron chi connectivity index (χ0n) is 7.58. The van der Waals surface area contributed by atoms with E-state index in [0.29, 0.717) is 17.7 Å². The summed E-state index contributed by atoms with van der Waals surface area (Å²) in [5, 5.41) is 0. The molecule has 1 amide bonds. The Morgan fingerprint density at radius 1 is 1.75 bits per heavy atom. The summed E-state index contributed by atoms with van der Waals surface area (Å²) in [6.45, 7) is 3.07. The average Bonchev–Trinajstić information content (AvgIpc) is 2.05. The molecule has 1 rings (SSSR count). The van der Waals surface area contributed by atoms with Crippen LogP contribution in [0.1, 0.15) is 6.92 Å². The van der Waals surface area contributed by atoms with Crippen LogP contribution in [-0.4, -0.2) is 46.9 Å². The summed E-state index contributed by atoms with van der Waals surface area (Å²) < 4.78 is 0. The van der Waals surface area contributed by atoms with Crippen molar-refractivity contribution < 1.29 is 4.79 Å². The molecule has 1 unspecified atom stereocenters. The molecule has 0 bridgehead atoms. The Morgan fingerprint density at radius 3 is 3.08 bits per heavy atom. The van der Waals surface area contributed by atoms with Gasteiger partial charge in [0.15, 0.2) is 0 Å². The molecule has 1 heterocycles. The van der Waals surface area contributed by atoms with Crippen molar-refractivity contribution >= 4 is 29.4 Å². The number of amides is 1. The van der Waals surface area contributed by atoms with Gasteiger partial charge in [0.05, 0.1) is 5.75 Å². The van der Waals surface area contributed by atoms with Crippen LogP contribution in [0.25, 0.3) is 0 Å². The highest BCUT2D eigenvalue weighted by atomic mass is 32.2. The summed E-state index contributed by atoms with van der Waals surface area (Å²) in [6.07, 6.45) is 1.97. The van der Waals surface area contributed by atoms with E-state index in [1.165, 1.54) is 0 Å². The van der Waals surface area contributed by atoms with Crippen LogP contribution in [0.5, 0.6) is 0 Å². The number of carbonyl (C=O) groups is 1. The third kappa shape index (κ3) is 2.59. The first-order valence-corrected chi connectivity index (χ1v) is 6.66. The lowest BCUT2D eigenvalue weighted by atomic mass is 10.3. The quantitative estimate of drug-likeness (QED) is 0.678. The Kier molecular flexibility index (Phi) is 4.29. The van der Waals surface area contributed by atoms with E-state index in [1.807, 2.05) is 22.9 Å². The maximum Gasteiger partial charge on any atom is 0.232 e. The van der Waals surface area contributed by atoms with Gasteiger partial charge in [-0.25, -0.2) is 0 Å². The van der Waals surface area contributed by atoms with Crippen molar-refractivity contribution in [1.29, 1.82) is 0 Å². The van der Waals surface area contributed by atoms with Crippen molar-refractivity contribution in [3.05, 3.63) is 0 Å². The van der Waals surface area contributed by atoms with E-state index in [1.54, 1.807) is 11.8 Å². The largest absolute Gasteiger partial charge is 0.338 e. The molecular weight excluding hydrogens is 190 g/mol. The highest BCUT2D eigenvalue weighted by Crippen LogP contribution is 2.16. The van der Waals surface area contributed by atoms with Crippen molar-refractivity contribution in [1.82, 2.24) is 4.90 Å². The molecule has 0 aromatic heterocycles. The Morgan fingerprint density at radius 2 is 2.50 bits per heavy atom. The number of rotatable bonds is 2. The first-order valence-electron chi connectivity index (χ1n) is 4.12. The number of nitrogens with zero attached hydrogens (tertiary/aromatic N) is 1. The lowest BCUT2D eigenvalue weighted by molar-refractivity contribution is -0.129. The van der Waals surface area contributed by atoms with Gasteiger partial charge < -0.3 is 4.90 Å². The predicted molar refractivity (Wildman–Crippen MR) is 56.9 cm³/mol. The topological polar surface area (TPSA) is 20.3 Å². The van der Waals surface area contributed by atoms with Crippen molar-refractivity contribution in [3.63, 3.8) is 0 Å². The molecule has 1 saturated heterocycles. The summed E-state index contributed by atoms with van der Waals surface area (Å²) in [5.74, 6) is 3.13. The summed E-state index contributed by atoms with van der Waals surface area (Å²) in [5.41, 5.74) is 0. The molecule has 0 aliphatic carbocycles. The highest BCUT2D eigenvalue weighted by Gasteiger charge is 2.22. The van der Waals surface area contributed by atoms with Crippen LogP contribution in [0.3, 0.4) is 0 Å². The summed E-state index contributed by atoms with van der Waals surface area (Å²) in [6, 6.07) is 0.434. The van der Waals surface area contributed by atoms with Crippen molar-refractivity contribution in [2.75, 3.05) is 30.1 Å². The molecule has 0 aromatic rings. The normalized spacial score (nSPS) is 24.2. The lowest BCUT2D eigenvalue weighted by Gasteiger charge is -2.32. The van der Waals surface area contributed by atoms with E-state index in [4.69, 9.17) is 0 Å². The van der Waals surface area contributed by atoms with Crippen LogP contribution in [0.2, 0.25) is 0 Å². The van der Waals surface area contributed by atoms with Gasteiger partial charge >= 0.3 is 0 Å². The van der Waals surface area contributed by atoms with Crippen molar-refractivity contribution in [2.24, 2.45) is 0 Å². The molecule has 1 aliphatic heterocycles. The second-order valence-electron chi connectivity index (χ2n) is 2.94. The molecule has 1 fully saturated rings. The molecule has 1 aliphatic rings. The summed E-state index contributed by atoms with van der Waals surface area (Å²) >= 11 is 3.55. The van der Waals surface area contributed by atoms with Gasteiger partial charge in [0, 0.05) is 24.1 Å². The predicted octanol–water partition coefficient (Wildman–Crippen LogP) is 1.31. The highest BCUT2D eigenvalue weighted by molar-refractivity contribution is 7.99. The van der Waals surface area contributed by atoms with Gasteiger partial charge in [-0.3, -0.25) is 4.79 Å². The van der Waals surface area contributed by atoms with E-state index >= 15 is 0 Å². The van der Waals surface area contributed by atoms with Crippen molar-refractivity contribution in [2.45, 2.75) is 13.0 Å². The van der Waals surface area contributed by atoms with E-state index in [9.17, 15) is 4.79 Å². The number of hydrogen-bond donors (Lipinski definition) is 0. The monoisotopic (exact) mass is 205 g/mol. The van der Waals surface area contributed by atoms with Crippen LogP contribution < -0.4 is 0 Å². The van der Waals surface area contributed by atoms with E-state index in [0.717, 1.165) is 18.1 Å². The van der Waals surface area contributed by atoms with Gasteiger partial charge in [-0.1, -0.05) is 0 Å². The molecule has 0 aromatic carbocycles. The Balaban J connectivity index is 2.42. The molecule has 0 spiro atoms. The first-order chi connectivity index (χ1) is 5.75. The maximum atomic E-state index is 11.5. The number of hydrogen-bond acceptors (Lipinski definition) is 3. The van der Waals surface area contributed by atoms with Crippen LogP contribution in [0.15, 0.2) is 0 Å². The lowest BCUT2D eigenvalue weighted by Crippen LogP contribution is -2.45. The number of carbonyl (C=O) groups excluding carboxylic acids is 1. The molecule has 0 saturated carbocycles. The zero-order valence-corrected chi connectivity index (χ0v) is 9.21. The van der Waals surface area contributed by atoms with Gasteiger partial charge in [-0.2, -0.15) is 23.5 Å². The van der Waals surface area contributed by atoms with Crippen LogP contribution in [0.4, 0.5) is 0 Å². The minimum Gasteiger partial charge on any atom is -0.338 e. The molecule has 0 N–H and O–H groups in total. The van der Waals surface area contributed by atoms with Gasteiger partial charge in [0.1, 0.15) is 0 Å². The third-order valence-corrected chi connectivity index (χ3v) is 3.68. The standard InChI is InChI=1S/C8H15NOS2/c1-7-5-12-4-3-9(7)8(10)6-11-2/h7H,3-6H2,1-2H3. The number of thioether (sulfide) groups is 2. The molecule has 12 heavy (non-hydrogen) atoms. The fourth-order valence-corrected chi connectivity index (χ4v) is 2.73. The maximum absolute atomic E-state index is 11.5. The van der Waals surface area contributed by atoms with E-state index in [2.05, 4.69) is 6.92 Å². The smallest absolute Gasteiger partial charge is 0.232 e. The van der Waals surface area contributed by atoms with Crippen molar-refractivity contribution in [3.8, 4) is 0 Å². The zero-order chi connectivity index (χ0) is 8.97. The van der Waals surface area contributed by atoms with Gasteiger partial charge in [-0.15, -0.1) is 0 Å². The van der Waals surface area contributed by atoms with Crippen LogP contribution in [0, 0.1) is 0 Å². The molecule has 4 heteroatoms.